The molecule has 0 atom stereocenters. The van der Waals surface area contributed by atoms with Gasteiger partial charge in [-0.2, -0.15) is 5.10 Å². The minimum Gasteiger partial charge on any atom is -0.399 e. The predicted octanol–water partition coefficient (Wildman–Crippen LogP) is 3.15. The fourth-order valence-corrected chi connectivity index (χ4v) is 4.41. The Kier molecular flexibility index (Phi) is 3.60. The van der Waals surface area contributed by atoms with E-state index in [4.69, 9.17) is 5.73 Å². The summed E-state index contributed by atoms with van der Waals surface area (Å²) in [7, 11) is 1.86. The lowest BCUT2D eigenvalue weighted by molar-refractivity contribution is 0.644. The van der Waals surface area contributed by atoms with E-state index in [2.05, 4.69) is 5.10 Å². The van der Waals surface area contributed by atoms with Crippen molar-refractivity contribution in [1.29, 1.82) is 0 Å². The van der Waals surface area contributed by atoms with Crippen molar-refractivity contribution in [3.05, 3.63) is 52.4 Å². The van der Waals surface area contributed by atoms with Gasteiger partial charge in [0.05, 0.1) is 27.2 Å². The lowest BCUT2D eigenvalue weighted by atomic mass is 10.2. The highest BCUT2D eigenvalue weighted by Crippen LogP contribution is 2.36. The molecule has 0 aliphatic rings. The summed E-state index contributed by atoms with van der Waals surface area (Å²) in [6, 6.07) is 9.31. The predicted molar refractivity (Wildman–Crippen MR) is 98.8 cm³/mol. The molecule has 0 aliphatic carbocycles. The van der Waals surface area contributed by atoms with Gasteiger partial charge in [0, 0.05) is 30.2 Å². The highest BCUT2D eigenvalue weighted by molar-refractivity contribution is 7.96. The van der Waals surface area contributed by atoms with Crippen LogP contribution in [0, 0.1) is 0 Å². The van der Waals surface area contributed by atoms with E-state index in [1.54, 1.807) is 6.20 Å². The first-order valence-electron chi connectivity index (χ1n) is 7.22. The fourth-order valence-electron chi connectivity index (χ4n) is 2.91. The van der Waals surface area contributed by atoms with Gasteiger partial charge in [0.25, 0.3) is 5.56 Å². The zero-order valence-corrected chi connectivity index (χ0v) is 14.4. The molecule has 3 heterocycles. The van der Waals surface area contributed by atoms with Crippen LogP contribution >= 0.6 is 23.4 Å². The maximum Gasteiger partial charge on any atom is 0.291 e. The van der Waals surface area contributed by atoms with Crippen LogP contribution in [0.4, 0.5) is 5.69 Å². The number of hydrogen-bond donors (Lipinski definition) is 2. The number of benzene rings is 1. The Labute approximate surface area is 145 Å². The number of anilines is 1. The van der Waals surface area contributed by atoms with Crippen LogP contribution in [0.2, 0.25) is 0 Å². The van der Waals surface area contributed by atoms with Crippen LogP contribution in [-0.4, -0.2) is 18.9 Å². The number of nitrogens with zero attached hydrogens (tertiary/aromatic N) is 3. The molecule has 0 bridgehead atoms. The van der Waals surface area contributed by atoms with Crippen LogP contribution in [0.25, 0.3) is 21.1 Å². The number of aryl methyl sites for hydroxylation is 1. The molecule has 3 N–H and O–H groups in total. The summed E-state index contributed by atoms with van der Waals surface area (Å²) in [4.78, 5) is 12.9. The molecule has 4 rings (SSSR count). The number of aromatic nitrogens is 3. The maximum atomic E-state index is 12.9. The summed E-state index contributed by atoms with van der Waals surface area (Å²) in [5, 5.41) is 5.13. The molecule has 0 fully saturated rings. The monoisotopic (exact) mass is 358 g/mol. The van der Waals surface area contributed by atoms with Crippen molar-refractivity contribution in [2.75, 3.05) is 5.73 Å². The number of fused-ring (bicyclic) bond motifs is 3. The standard InChI is InChI=1S/C16H14N4O2S2/c1-19-12-6-13(24-22)23-15(12)11-7-18-20(16(21)14(11)19)8-9-3-2-4-10(17)5-9/h2-7,22H,8,17H2,1H3. The molecule has 0 saturated carbocycles. The Hall–Kier alpha value is -2.29. The first-order chi connectivity index (χ1) is 11.6. The third kappa shape index (κ3) is 2.31. The molecule has 24 heavy (non-hydrogen) atoms. The van der Waals surface area contributed by atoms with E-state index in [1.807, 2.05) is 41.9 Å². The average molecular weight is 358 g/mol. The van der Waals surface area contributed by atoms with Gasteiger partial charge < -0.3 is 14.9 Å². The van der Waals surface area contributed by atoms with Crippen LogP contribution < -0.4 is 11.3 Å². The fraction of sp³-hybridized carbons (Fsp3) is 0.125. The zero-order chi connectivity index (χ0) is 16.8. The molecule has 0 unspecified atom stereocenters. The SMILES string of the molecule is Cn1c2cc(SO)sc2c2cnn(Cc3cccc(N)c3)c(=O)c21. The average Bonchev–Trinajstić information content (AvgIpc) is 3.10. The summed E-state index contributed by atoms with van der Waals surface area (Å²) < 4.78 is 14.3. The van der Waals surface area contributed by atoms with Crippen molar-refractivity contribution in [1.82, 2.24) is 14.3 Å². The van der Waals surface area contributed by atoms with Crippen LogP contribution in [0.1, 0.15) is 5.56 Å². The smallest absolute Gasteiger partial charge is 0.291 e. The third-order valence-electron chi connectivity index (χ3n) is 4.02. The van der Waals surface area contributed by atoms with Gasteiger partial charge in [0.15, 0.2) is 0 Å². The van der Waals surface area contributed by atoms with E-state index >= 15 is 0 Å². The molecule has 0 radical (unpaired) electrons. The Bertz CT molecular complexity index is 1130. The zero-order valence-electron chi connectivity index (χ0n) is 12.8. The van der Waals surface area contributed by atoms with E-state index < -0.39 is 0 Å². The topological polar surface area (TPSA) is 86.1 Å². The molecule has 0 amide bonds. The molecule has 122 valence electrons. The van der Waals surface area contributed by atoms with Gasteiger partial charge in [-0.1, -0.05) is 12.1 Å². The van der Waals surface area contributed by atoms with Crippen LogP contribution in [0.5, 0.6) is 0 Å². The van der Waals surface area contributed by atoms with E-state index in [0.29, 0.717) is 29.8 Å². The summed E-state index contributed by atoms with van der Waals surface area (Å²) in [6.07, 6.45) is 1.72. The van der Waals surface area contributed by atoms with E-state index in [1.165, 1.54) is 16.0 Å². The largest absolute Gasteiger partial charge is 0.399 e. The van der Waals surface area contributed by atoms with Gasteiger partial charge in [-0.3, -0.25) is 4.79 Å². The Morgan fingerprint density at radius 2 is 2.21 bits per heavy atom. The quantitative estimate of drug-likeness (QED) is 0.434. The normalized spacial score (nSPS) is 11.6. The molecule has 8 heteroatoms. The Balaban J connectivity index is 1.89. The lowest BCUT2D eigenvalue weighted by Gasteiger charge is -2.06. The highest BCUT2D eigenvalue weighted by Gasteiger charge is 2.17. The van der Waals surface area contributed by atoms with Crippen molar-refractivity contribution >= 4 is 50.2 Å². The Morgan fingerprint density at radius 1 is 1.38 bits per heavy atom. The molecular weight excluding hydrogens is 344 g/mol. The minimum atomic E-state index is -0.140. The molecule has 4 aromatic rings. The van der Waals surface area contributed by atoms with Crippen LogP contribution in [0.15, 0.2) is 45.5 Å². The molecule has 0 spiro atoms. The van der Waals surface area contributed by atoms with Crippen LogP contribution in [-0.2, 0) is 13.6 Å². The van der Waals surface area contributed by atoms with Crippen molar-refractivity contribution in [3.63, 3.8) is 0 Å². The number of thiophene rings is 1. The number of hydrogen-bond acceptors (Lipinski definition) is 6. The molecule has 3 aromatic heterocycles. The van der Waals surface area contributed by atoms with Crippen molar-refractivity contribution < 1.29 is 4.55 Å². The number of nitrogen functional groups attached to an aromatic ring is 1. The van der Waals surface area contributed by atoms with Gasteiger partial charge >= 0.3 is 0 Å². The second-order valence-electron chi connectivity index (χ2n) is 5.54. The molecular formula is C16H14N4O2S2. The second-order valence-corrected chi connectivity index (χ2v) is 7.48. The third-order valence-corrected chi connectivity index (χ3v) is 5.75. The van der Waals surface area contributed by atoms with Gasteiger partial charge in [0.1, 0.15) is 5.52 Å². The first kappa shape index (κ1) is 15.3. The van der Waals surface area contributed by atoms with Crippen molar-refractivity contribution in [2.45, 2.75) is 10.8 Å². The van der Waals surface area contributed by atoms with Gasteiger partial charge in [-0.15, -0.1) is 11.3 Å². The van der Waals surface area contributed by atoms with Crippen molar-refractivity contribution in [3.8, 4) is 0 Å². The lowest BCUT2D eigenvalue weighted by Crippen LogP contribution is -2.24. The van der Waals surface area contributed by atoms with Crippen LogP contribution in [0.3, 0.4) is 0 Å². The van der Waals surface area contributed by atoms with Gasteiger partial charge in [-0.05, 0) is 23.8 Å². The highest BCUT2D eigenvalue weighted by atomic mass is 32.2. The summed E-state index contributed by atoms with van der Waals surface area (Å²) in [6.45, 7) is 0.371. The summed E-state index contributed by atoms with van der Waals surface area (Å²) in [5.41, 5.74) is 8.79. The number of nitrogens with two attached hydrogens (primary N) is 1. The Morgan fingerprint density at radius 3 is 2.96 bits per heavy atom. The molecule has 1 aromatic carbocycles. The number of rotatable bonds is 3. The minimum absolute atomic E-state index is 0.140. The molecule has 6 nitrogen and oxygen atoms in total. The van der Waals surface area contributed by atoms with E-state index in [-0.39, 0.29) is 5.56 Å². The molecule has 0 saturated heterocycles. The van der Waals surface area contributed by atoms with Gasteiger partial charge in [-0.25, -0.2) is 4.68 Å². The first-order valence-corrected chi connectivity index (χ1v) is 8.81. The van der Waals surface area contributed by atoms with Gasteiger partial charge in [0.2, 0.25) is 0 Å². The second kappa shape index (κ2) is 5.66. The molecule has 0 aliphatic heterocycles. The summed E-state index contributed by atoms with van der Waals surface area (Å²) >= 11 is 2.17. The van der Waals surface area contributed by atoms with E-state index in [9.17, 15) is 9.35 Å². The van der Waals surface area contributed by atoms with E-state index in [0.717, 1.165) is 25.4 Å². The summed E-state index contributed by atoms with van der Waals surface area (Å²) in [5.74, 6) is 0. The van der Waals surface area contributed by atoms with Crippen molar-refractivity contribution in [2.24, 2.45) is 7.05 Å². The maximum absolute atomic E-state index is 12.9.